The fourth-order valence-corrected chi connectivity index (χ4v) is 2.09. The SMILES string of the molecule is COc1ccc(N2CC(CN)OCC2=O)cc1Cl. The molecule has 0 radical (unpaired) electrons. The molecule has 1 aliphatic heterocycles. The number of anilines is 1. The number of carbonyl (C=O) groups excluding carboxylic acids is 1. The van der Waals surface area contributed by atoms with Gasteiger partial charge in [0.1, 0.15) is 12.4 Å². The zero-order valence-electron chi connectivity index (χ0n) is 10.1. The van der Waals surface area contributed by atoms with E-state index in [-0.39, 0.29) is 18.6 Å². The third kappa shape index (κ3) is 2.58. The number of benzene rings is 1. The standard InChI is InChI=1S/C12H15ClN2O3/c1-17-11-3-2-8(4-10(11)13)15-6-9(5-14)18-7-12(15)16/h2-4,9H,5-7,14H2,1H3. The molecule has 98 valence electrons. The second kappa shape index (κ2) is 5.56. The van der Waals surface area contributed by atoms with Crippen LogP contribution >= 0.6 is 11.6 Å². The lowest BCUT2D eigenvalue weighted by molar-refractivity contribution is -0.128. The summed E-state index contributed by atoms with van der Waals surface area (Å²) in [5.74, 6) is 0.484. The molecule has 1 aliphatic rings. The minimum Gasteiger partial charge on any atom is -0.495 e. The van der Waals surface area contributed by atoms with Gasteiger partial charge in [-0.2, -0.15) is 0 Å². The first-order valence-electron chi connectivity index (χ1n) is 5.61. The molecule has 0 spiro atoms. The summed E-state index contributed by atoms with van der Waals surface area (Å²) < 4.78 is 10.4. The van der Waals surface area contributed by atoms with E-state index < -0.39 is 0 Å². The van der Waals surface area contributed by atoms with Gasteiger partial charge in [0.15, 0.2) is 0 Å². The van der Waals surface area contributed by atoms with Gasteiger partial charge in [-0.05, 0) is 18.2 Å². The van der Waals surface area contributed by atoms with Crippen molar-refractivity contribution in [2.45, 2.75) is 6.10 Å². The van der Waals surface area contributed by atoms with E-state index in [2.05, 4.69) is 0 Å². The summed E-state index contributed by atoms with van der Waals surface area (Å²) >= 11 is 6.05. The highest BCUT2D eigenvalue weighted by atomic mass is 35.5. The van der Waals surface area contributed by atoms with Crippen molar-refractivity contribution in [2.75, 3.05) is 31.7 Å². The topological polar surface area (TPSA) is 64.8 Å². The Morgan fingerprint density at radius 1 is 1.61 bits per heavy atom. The first kappa shape index (κ1) is 13.1. The van der Waals surface area contributed by atoms with Gasteiger partial charge >= 0.3 is 0 Å². The highest BCUT2D eigenvalue weighted by Gasteiger charge is 2.26. The molecule has 1 aromatic rings. The van der Waals surface area contributed by atoms with Gasteiger partial charge in [0, 0.05) is 12.2 Å². The summed E-state index contributed by atoms with van der Waals surface area (Å²) in [5, 5.41) is 0.471. The van der Waals surface area contributed by atoms with Gasteiger partial charge in [0.25, 0.3) is 5.91 Å². The maximum atomic E-state index is 11.8. The Labute approximate surface area is 110 Å². The number of morpholine rings is 1. The largest absolute Gasteiger partial charge is 0.495 e. The maximum Gasteiger partial charge on any atom is 0.253 e. The predicted octanol–water partition coefficient (Wildman–Crippen LogP) is 1.04. The molecule has 1 amide bonds. The van der Waals surface area contributed by atoms with Crippen LogP contribution in [-0.2, 0) is 9.53 Å². The van der Waals surface area contributed by atoms with E-state index in [0.717, 1.165) is 5.69 Å². The summed E-state index contributed by atoms with van der Waals surface area (Å²) in [4.78, 5) is 13.4. The average molecular weight is 271 g/mol. The Hall–Kier alpha value is -1.30. The van der Waals surface area contributed by atoms with Gasteiger partial charge in [-0.1, -0.05) is 11.6 Å². The van der Waals surface area contributed by atoms with Crippen LogP contribution in [0.2, 0.25) is 5.02 Å². The number of nitrogens with two attached hydrogens (primary N) is 1. The molecule has 2 N–H and O–H groups in total. The fourth-order valence-electron chi connectivity index (χ4n) is 1.84. The summed E-state index contributed by atoms with van der Waals surface area (Å²) in [6.45, 7) is 0.872. The highest BCUT2D eigenvalue weighted by Crippen LogP contribution is 2.30. The number of hydrogen-bond donors (Lipinski definition) is 1. The molecule has 1 heterocycles. The van der Waals surface area contributed by atoms with Crippen molar-refractivity contribution in [3.8, 4) is 5.75 Å². The molecule has 18 heavy (non-hydrogen) atoms. The molecule has 1 saturated heterocycles. The summed E-state index contributed by atoms with van der Waals surface area (Å²) in [6.07, 6.45) is -0.136. The molecule has 1 aromatic carbocycles. The van der Waals surface area contributed by atoms with Gasteiger partial charge in [-0.15, -0.1) is 0 Å². The van der Waals surface area contributed by atoms with Crippen LogP contribution in [0.5, 0.6) is 5.75 Å². The van der Waals surface area contributed by atoms with Crippen LogP contribution < -0.4 is 15.4 Å². The quantitative estimate of drug-likeness (QED) is 0.891. The van der Waals surface area contributed by atoms with E-state index >= 15 is 0 Å². The number of amides is 1. The maximum absolute atomic E-state index is 11.8. The molecule has 1 atom stereocenters. The van der Waals surface area contributed by atoms with Crippen LogP contribution in [0.1, 0.15) is 0 Å². The van der Waals surface area contributed by atoms with Crippen molar-refractivity contribution in [1.82, 2.24) is 0 Å². The molecule has 1 unspecified atom stereocenters. The van der Waals surface area contributed by atoms with Crippen LogP contribution in [0.3, 0.4) is 0 Å². The summed E-state index contributed by atoms with van der Waals surface area (Å²) in [7, 11) is 1.55. The van der Waals surface area contributed by atoms with Gasteiger partial charge in [0.2, 0.25) is 0 Å². The molecule has 6 heteroatoms. The molecule has 0 bridgehead atoms. The summed E-state index contributed by atoms with van der Waals surface area (Å²) in [5.41, 5.74) is 6.28. The van der Waals surface area contributed by atoms with Crippen molar-refractivity contribution in [3.63, 3.8) is 0 Å². The van der Waals surface area contributed by atoms with Crippen molar-refractivity contribution in [2.24, 2.45) is 5.73 Å². The lowest BCUT2D eigenvalue weighted by atomic mass is 10.2. The Morgan fingerprint density at radius 3 is 3.00 bits per heavy atom. The number of rotatable bonds is 3. The van der Waals surface area contributed by atoms with E-state index in [4.69, 9.17) is 26.8 Å². The monoisotopic (exact) mass is 270 g/mol. The summed E-state index contributed by atoms with van der Waals surface area (Å²) in [6, 6.07) is 5.23. The molecular formula is C12H15ClN2O3. The van der Waals surface area contributed by atoms with Crippen LogP contribution in [0.15, 0.2) is 18.2 Å². The first-order valence-corrected chi connectivity index (χ1v) is 5.99. The molecule has 0 saturated carbocycles. The number of methoxy groups -OCH3 is 1. The molecule has 2 rings (SSSR count). The van der Waals surface area contributed by atoms with Crippen molar-refractivity contribution in [1.29, 1.82) is 0 Å². The van der Waals surface area contributed by atoms with Gasteiger partial charge in [0.05, 0.1) is 24.8 Å². The highest BCUT2D eigenvalue weighted by molar-refractivity contribution is 6.32. The molecule has 1 fully saturated rings. The third-order valence-corrected chi connectivity index (χ3v) is 3.14. The number of carbonyl (C=O) groups is 1. The number of nitrogens with zero attached hydrogens (tertiary/aromatic N) is 1. The molecule has 0 aromatic heterocycles. The number of hydrogen-bond acceptors (Lipinski definition) is 4. The Bertz CT molecular complexity index is 453. The van der Waals surface area contributed by atoms with E-state index in [1.807, 2.05) is 0 Å². The number of ether oxygens (including phenoxy) is 2. The molecular weight excluding hydrogens is 256 g/mol. The van der Waals surface area contributed by atoms with Crippen LogP contribution in [0.4, 0.5) is 5.69 Å². The lowest BCUT2D eigenvalue weighted by Gasteiger charge is -2.32. The van der Waals surface area contributed by atoms with Crippen LogP contribution in [0, 0.1) is 0 Å². The first-order chi connectivity index (χ1) is 8.65. The zero-order valence-corrected chi connectivity index (χ0v) is 10.8. The van der Waals surface area contributed by atoms with E-state index in [1.165, 1.54) is 0 Å². The number of halogens is 1. The minimum absolute atomic E-state index is 0.0471. The van der Waals surface area contributed by atoms with Crippen molar-refractivity contribution in [3.05, 3.63) is 23.2 Å². The van der Waals surface area contributed by atoms with Gasteiger partial charge < -0.3 is 20.1 Å². The van der Waals surface area contributed by atoms with Gasteiger partial charge in [-0.25, -0.2) is 0 Å². The lowest BCUT2D eigenvalue weighted by Crippen LogP contribution is -2.49. The zero-order chi connectivity index (χ0) is 13.1. The Balaban J connectivity index is 2.23. The Morgan fingerprint density at radius 2 is 2.39 bits per heavy atom. The minimum atomic E-state index is -0.136. The van der Waals surface area contributed by atoms with E-state index in [0.29, 0.717) is 23.9 Å². The van der Waals surface area contributed by atoms with E-state index in [1.54, 1.807) is 30.2 Å². The fraction of sp³-hybridized carbons (Fsp3) is 0.417. The van der Waals surface area contributed by atoms with Crippen LogP contribution in [-0.4, -0.2) is 38.8 Å². The second-order valence-electron chi connectivity index (χ2n) is 3.99. The molecule has 0 aliphatic carbocycles. The molecule has 5 nitrogen and oxygen atoms in total. The van der Waals surface area contributed by atoms with Gasteiger partial charge in [-0.3, -0.25) is 4.79 Å². The second-order valence-corrected chi connectivity index (χ2v) is 4.40. The normalized spacial score (nSPS) is 20.1. The van der Waals surface area contributed by atoms with Crippen molar-refractivity contribution >= 4 is 23.2 Å². The van der Waals surface area contributed by atoms with Crippen LogP contribution in [0.25, 0.3) is 0 Å². The van der Waals surface area contributed by atoms with Crippen molar-refractivity contribution < 1.29 is 14.3 Å². The average Bonchev–Trinajstić information content (AvgIpc) is 2.39. The predicted molar refractivity (Wildman–Crippen MR) is 69.2 cm³/mol. The smallest absolute Gasteiger partial charge is 0.253 e. The third-order valence-electron chi connectivity index (χ3n) is 2.84. The van der Waals surface area contributed by atoms with E-state index in [9.17, 15) is 4.79 Å². The Kier molecular flexibility index (Phi) is 4.06.